The Kier molecular flexibility index (Phi) is 24.7. The van der Waals surface area contributed by atoms with Gasteiger partial charge in [-0.25, -0.2) is 0 Å². The molecule has 0 amide bonds. The van der Waals surface area contributed by atoms with Crippen LogP contribution in [0.3, 0.4) is 0 Å². The Bertz CT molecular complexity index is 5540. The van der Waals surface area contributed by atoms with Gasteiger partial charge in [0.05, 0.1) is 25.4 Å². The molecule has 0 unspecified atom stereocenters. The molecular formula is C77H45F6I10O6S3+3. The molecule has 3 N–H and O–H groups in total. The molecule has 0 saturated carbocycles. The fourth-order valence-electron chi connectivity index (χ4n) is 11.5. The van der Waals surface area contributed by atoms with Crippen molar-refractivity contribution in [2.45, 2.75) is 32.2 Å². The van der Waals surface area contributed by atoms with Crippen molar-refractivity contribution in [3.05, 3.63) is 282 Å². The Morgan fingerprint density at radius 2 is 0.539 bits per heavy atom. The number of hydrogen-bond donors (Lipinski definition) is 3. The van der Waals surface area contributed by atoms with Crippen LogP contribution in [-0.4, -0.2) is 15.3 Å². The molecule has 3 aromatic heterocycles. The lowest BCUT2D eigenvalue weighted by atomic mass is 10.1. The van der Waals surface area contributed by atoms with E-state index in [-0.39, 0.29) is 44.1 Å². The van der Waals surface area contributed by atoms with Gasteiger partial charge in [-0.1, -0.05) is 0 Å². The first kappa shape index (κ1) is 77.1. The van der Waals surface area contributed by atoms with Crippen molar-refractivity contribution in [1.82, 2.24) is 0 Å². The van der Waals surface area contributed by atoms with E-state index in [1.165, 1.54) is 76.5 Å². The lowest BCUT2D eigenvalue weighted by Gasteiger charge is -2.10. The summed E-state index contributed by atoms with van der Waals surface area (Å²) >= 11 is 22.5. The summed E-state index contributed by atoms with van der Waals surface area (Å²) in [6, 6.07) is 68.9. The monoisotopic (exact) mass is 2540 g/mol. The third-order valence-corrected chi connectivity index (χ3v) is 30.5. The Morgan fingerprint density at radius 3 is 0.833 bits per heavy atom. The van der Waals surface area contributed by atoms with E-state index in [0.717, 1.165) is 69.6 Å². The van der Waals surface area contributed by atoms with E-state index >= 15 is 0 Å². The van der Waals surface area contributed by atoms with Crippen molar-refractivity contribution >= 4 is 318 Å². The Morgan fingerprint density at radius 1 is 0.275 bits per heavy atom. The van der Waals surface area contributed by atoms with E-state index in [1.54, 1.807) is 24.3 Å². The van der Waals surface area contributed by atoms with Crippen LogP contribution in [0.15, 0.2) is 218 Å². The highest BCUT2D eigenvalue weighted by Gasteiger charge is 2.36. The number of alkyl halides is 6. The molecule has 0 aliphatic heterocycles. The highest BCUT2D eigenvalue weighted by Crippen LogP contribution is 2.54. The lowest BCUT2D eigenvalue weighted by Crippen LogP contribution is -2.04. The molecule has 12 aromatic carbocycles. The third-order valence-electron chi connectivity index (χ3n) is 16.2. The fraction of sp³-hybridized carbons (Fsp3) is 0.0649. The molecule has 6 nitrogen and oxygen atoms in total. The molecule has 0 radical (unpaired) electrons. The highest BCUT2D eigenvalue weighted by molar-refractivity contribution is 14.1. The maximum Gasteiger partial charge on any atom is 0.416 e. The van der Waals surface area contributed by atoms with Crippen molar-refractivity contribution in [2.75, 3.05) is 0 Å². The normalized spacial score (nSPS) is 11.8. The summed E-state index contributed by atoms with van der Waals surface area (Å²) in [6.07, 6.45) is -9.25. The number of halogens is 16. The zero-order chi connectivity index (χ0) is 72.2. The molecule has 0 spiro atoms. The van der Waals surface area contributed by atoms with Crippen LogP contribution in [-0.2, 0) is 32.2 Å². The Labute approximate surface area is 725 Å². The van der Waals surface area contributed by atoms with Crippen molar-refractivity contribution in [2.24, 2.45) is 0 Å². The van der Waals surface area contributed by atoms with Crippen molar-refractivity contribution in [3.63, 3.8) is 0 Å². The highest BCUT2D eigenvalue weighted by atomic mass is 127. The molecule has 0 aliphatic carbocycles. The fourth-order valence-corrected chi connectivity index (χ4v) is 26.3. The summed E-state index contributed by atoms with van der Waals surface area (Å²) in [5, 5.41) is 36.3. The van der Waals surface area contributed by atoms with Crippen LogP contribution in [0.1, 0.15) is 27.8 Å². The van der Waals surface area contributed by atoms with Crippen molar-refractivity contribution in [3.8, 4) is 49.2 Å². The molecule has 15 aromatic rings. The Balaban J connectivity index is 0.000000137. The van der Waals surface area contributed by atoms with E-state index in [1.807, 2.05) is 71.1 Å². The van der Waals surface area contributed by atoms with Crippen LogP contribution in [0.5, 0.6) is 34.5 Å². The topological polar surface area (TPSA) is 88.4 Å². The number of thiophene rings is 3. The van der Waals surface area contributed by atoms with Gasteiger partial charge in [0.25, 0.3) is 0 Å². The zero-order valence-corrected chi connectivity index (χ0v) is 75.8. The lowest BCUT2D eigenvalue weighted by molar-refractivity contribution is -0.138. The summed E-state index contributed by atoms with van der Waals surface area (Å²) in [5.74, 6) is 2.93. The smallest absolute Gasteiger partial charge is 0.416 e. The molecule has 25 heteroatoms. The summed E-state index contributed by atoms with van der Waals surface area (Å²) < 4.78 is 115. The van der Waals surface area contributed by atoms with E-state index in [4.69, 9.17) is 14.2 Å². The number of fused-ring (bicyclic) bond motifs is 9. The largest absolute Gasteiger partial charge is 0.506 e. The molecule has 0 atom stereocenters. The summed E-state index contributed by atoms with van der Waals surface area (Å²) in [4.78, 5) is 3.31. The summed E-state index contributed by atoms with van der Waals surface area (Å²) in [6.45, 7) is 0.933. The number of benzene rings is 12. The first-order valence-corrected chi connectivity index (χ1v) is 44.6. The minimum absolute atomic E-state index is 0.106. The molecular weight excluding hydrogens is 2500 g/mol. The number of hydrogen-bond acceptors (Lipinski definition) is 6. The van der Waals surface area contributed by atoms with Crippen LogP contribution in [0.4, 0.5) is 26.3 Å². The average molecular weight is 2550 g/mol. The van der Waals surface area contributed by atoms with Gasteiger partial charge in [0.2, 0.25) is 0 Å². The predicted octanol–water partition coefficient (Wildman–Crippen LogP) is 29.1. The van der Waals surface area contributed by atoms with Gasteiger partial charge in [0.15, 0.2) is 42.9 Å². The van der Waals surface area contributed by atoms with Gasteiger partial charge in [0, 0.05) is 133 Å². The van der Waals surface area contributed by atoms with Crippen LogP contribution in [0, 0.1) is 35.7 Å². The van der Waals surface area contributed by atoms with Gasteiger partial charge in [0.1, 0.15) is 54.3 Å². The molecule has 0 bridgehead atoms. The van der Waals surface area contributed by atoms with Gasteiger partial charge in [-0.2, -0.15) is 26.3 Å². The zero-order valence-electron chi connectivity index (χ0n) is 51.7. The van der Waals surface area contributed by atoms with Gasteiger partial charge in [-0.3, -0.25) is 0 Å². The van der Waals surface area contributed by atoms with Gasteiger partial charge >= 0.3 is 12.4 Å². The maximum absolute atomic E-state index is 13.4. The molecule has 15 rings (SSSR count). The summed E-state index contributed by atoms with van der Waals surface area (Å²) in [5.41, 5.74) is 0.636. The van der Waals surface area contributed by atoms with E-state index < -0.39 is 33.9 Å². The number of ether oxygens (including phenoxy) is 3. The second-order valence-corrected chi connectivity index (χ2v) is 40.9. The van der Waals surface area contributed by atoms with E-state index in [2.05, 4.69) is 313 Å². The second kappa shape index (κ2) is 32.7. The van der Waals surface area contributed by atoms with Crippen molar-refractivity contribution in [1.29, 1.82) is 0 Å². The molecule has 102 heavy (non-hydrogen) atoms. The second-order valence-electron chi connectivity index (χ2n) is 22.9. The van der Waals surface area contributed by atoms with Crippen LogP contribution >= 0.6 is 257 Å². The Hall–Kier alpha value is -3.02. The first-order chi connectivity index (χ1) is 48.6. The third kappa shape index (κ3) is 17.2. The number of phenolic OH excluding ortho intramolecular Hbond substituents is 3. The maximum atomic E-state index is 13.4. The van der Waals surface area contributed by atoms with Crippen LogP contribution in [0.2, 0.25) is 0 Å². The number of phenols is 3. The molecule has 516 valence electrons. The average Bonchev–Trinajstić information content (AvgIpc) is 1.59. The van der Waals surface area contributed by atoms with E-state index in [0.29, 0.717) is 49.0 Å². The molecule has 0 fully saturated rings. The molecule has 0 saturated heterocycles. The quantitative estimate of drug-likeness (QED) is 0.0642. The number of rotatable bonds is 12. The minimum Gasteiger partial charge on any atom is -0.506 e. The van der Waals surface area contributed by atoms with Crippen LogP contribution in [0.25, 0.3) is 75.2 Å². The molecule has 3 heterocycles. The number of aromatic hydroxyl groups is 3. The first-order valence-electron chi connectivity index (χ1n) is 30.2. The van der Waals surface area contributed by atoms with Crippen molar-refractivity contribution < 1.29 is 55.9 Å². The summed E-state index contributed by atoms with van der Waals surface area (Å²) in [7, 11) is -1.13. The minimum atomic E-state index is -4.62. The van der Waals surface area contributed by atoms with Gasteiger partial charge in [-0.05, 0) is 413 Å². The van der Waals surface area contributed by atoms with Gasteiger partial charge < -0.3 is 29.5 Å². The SMILES string of the molecule is Oc1c(I)cc(COc2ccc(-[s+]3c4ccc(I)cc4c4cc(I)ccc43)cc2)cc1I.Oc1c(I)cc(I)cc1COc1ccc(-[s+]2c3ccc(C(F)(F)F)cc3c3cc(C(F)(F)F)ccc32)cc1.Oc1c(I)cc(I)cc1COc1ccc(-[s+]2c3ccc(I)cc3c3cc(I)ccc32)cc1. The predicted molar refractivity (Wildman–Crippen MR) is 490 cm³/mol. The van der Waals surface area contributed by atoms with E-state index in [9.17, 15) is 41.7 Å². The van der Waals surface area contributed by atoms with Crippen LogP contribution < -0.4 is 14.2 Å². The standard InChI is InChI=1S/C27H14F6I2O2S.2C25H14I4O2S/c28-26(29,30)15-1-7-23-20(10-15)21-11-16(27(31,32)33)2-8-24(21)38(23)19-5-3-18(4-6-19)37-13-14-9-17(34)12-22(35)25(14)36;26-15-1-7-23-20(10-15)21-11-16(27)2-8-24(21)32(23)19-5-3-18(4-6-19)31-13-14-9-17(28)12-22(29)25(14)30;26-15-1-7-23-19(11-15)20-12-16(27)2-8-24(20)32(23)18-5-3-17(4-6-18)31-13-14-9-21(28)25(30)22(29)10-14/h1-12H,13H2;2*1-12H,13H2/p+3. The van der Waals surface area contributed by atoms with Gasteiger partial charge in [-0.15, -0.1) is 0 Å². The molecule has 0 aliphatic rings.